The lowest BCUT2D eigenvalue weighted by Crippen LogP contribution is -2.18. The van der Waals surface area contributed by atoms with Gasteiger partial charge in [0, 0.05) is 0 Å². The number of rotatable bonds is 9. The molecule has 0 aliphatic carbocycles. The Morgan fingerprint density at radius 3 is 2.59 bits per heavy atom. The maximum absolute atomic E-state index is 14.4. The molecule has 1 unspecified atom stereocenters. The Kier molecular flexibility index (Phi) is 7.41. The average molecular weight is 414 g/mol. The molecular weight excluding hydrogens is 389 g/mol. The fraction of sp³-hybridized carbons (Fsp3) is 0.318. The van der Waals surface area contributed by atoms with Gasteiger partial charge in [0.15, 0.2) is 11.0 Å². The van der Waals surface area contributed by atoms with Gasteiger partial charge in [-0.1, -0.05) is 67.6 Å². The molecule has 3 rings (SSSR count). The predicted molar refractivity (Wildman–Crippen MR) is 112 cm³/mol. The Labute approximate surface area is 174 Å². The number of carbonyl (C=O) groups excluding carboxylic acids is 1. The third-order valence-electron chi connectivity index (χ3n) is 4.37. The van der Waals surface area contributed by atoms with Crippen LogP contribution in [0.15, 0.2) is 59.8 Å². The molecule has 0 saturated carbocycles. The number of nitrogens with zero attached hydrogens (tertiary/aromatic N) is 3. The number of hydrogen-bond acceptors (Lipinski definition) is 5. The third kappa shape index (κ3) is 5.44. The highest BCUT2D eigenvalue weighted by Gasteiger charge is 2.23. The molecule has 0 saturated heterocycles. The van der Waals surface area contributed by atoms with Gasteiger partial charge in [-0.05, 0) is 31.0 Å². The summed E-state index contributed by atoms with van der Waals surface area (Å²) >= 11 is 1.27. The molecule has 0 bridgehead atoms. The van der Waals surface area contributed by atoms with E-state index in [0.29, 0.717) is 29.7 Å². The quantitative estimate of drug-likeness (QED) is 0.282. The molecule has 152 valence electrons. The highest BCUT2D eigenvalue weighted by molar-refractivity contribution is 8.00. The van der Waals surface area contributed by atoms with Gasteiger partial charge in [-0.3, -0.25) is 9.36 Å². The maximum atomic E-state index is 14.4. The highest BCUT2D eigenvalue weighted by Crippen LogP contribution is 2.29. The third-order valence-corrected chi connectivity index (χ3v) is 5.43. The summed E-state index contributed by atoms with van der Waals surface area (Å²) in [6.07, 6.45) is 1.80. The second-order valence-electron chi connectivity index (χ2n) is 6.64. The summed E-state index contributed by atoms with van der Waals surface area (Å²) in [7, 11) is 0. The molecule has 0 spiro atoms. The Hall–Kier alpha value is -2.67. The van der Waals surface area contributed by atoms with Crippen LogP contribution in [0.5, 0.6) is 0 Å². The van der Waals surface area contributed by atoms with Crippen LogP contribution >= 0.6 is 11.8 Å². The highest BCUT2D eigenvalue weighted by atomic mass is 32.2. The van der Waals surface area contributed by atoms with E-state index in [4.69, 9.17) is 4.74 Å². The molecule has 1 aromatic heterocycles. The smallest absolute Gasteiger partial charge is 0.319 e. The number of ether oxygens (including phenoxy) is 1. The molecule has 0 fully saturated rings. The van der Waals surface area contributed by atoms with E-state index in [1.165, 1.54) is 17.8 Å². The van der Waals surface area contributed by atoms with E-state index < -0.39 is 5.25 Å². The van der Waals surface area contributed by atoms with Crippen LogP contribution < -0.4 is 0 Å². The molecule has 29 heavy (non-hydrogen) atoms. The van der Waals surface area contributed by atoms with E-state index in [1.807, 2.05) is 41.8 Å². The molecule has 7 heteroatoms. The van der Waals surface area contributed by atoms with Gasteiger partial charge in [0.25, 0.3) is 0 Å². The van der Waals surface area contributed by atoms with Crippen LogP contribution in [0.3, 0.4) is 0 Å². The molecule has 5 nitrogen and oxygen atoms in total. The lowest BCUT2D eigenvalue weighted by molar-refractivity contribution is -0.142. The van der Waals surface area contributed by atoms with Crippen molar-refractivity contribution in [1.29, 1.82) is 0 Å². The predicted octanol–water partition coefficient (Wildman–Crippen LogP) is 4.96. The first-order chi connectivity index (χ1) is 14.1. The van der Waals surface area contributed by atoms with Gasteiger partial charge in [0.1, 0.15) is 11.1 Å². The van der Waals surface area contributed by atoms with Gasteiger partial charge in [-0.2, -0.15) is 0 Å². The van der Waals surface area contributed by atoms with Crippen molar-refractivity contribution >= 4 is 17.7 Å². The summed E-state index contributed by atoms with van der Waals surface area (Å²) in [6.45, 7) is 4.71. The van der Waals surface area contributed by atoms with Crippen LogP contribution in [0.4, 0.5) is 4.39 Å². The number of thioether (sulfide) groups is 1. The molecule has 1 atom stereocenters. The zero-order chi connectivity index (χ0) is 20.6. The number of esters is 1. The molecule has 0 aliphatic rings. The van der Waals surface area contributed by atoms with Crippen LogP contribution in [-0.2, 0) is 16.1 Å². The van der Waals surface area contributed by atoms with Gasteiger partial charge < -0.3 is 4.74 Å². The minimum absolute atomic E-state index is 0.287. The molecule has 3 aromatic rings. The zero-order valence-electron chi connectivity index (χ0n) is 16.5. The molecule has 2 aromatic carbocycles. The van der Waals surface area contributed by atoms with Crippen molar-refractivity contribution in [3.8, 4) is 11.4 Å². The van der Waals surface area contributed by atoms with Crippen LogP contribution in [0, 0.1) is 5.82 Å². The SMILES string of the molecule is CCCCOC(=O)C(C)Sc1nnc(-c2ccccc2F)n1Cc1ccccc1. The van der Waals surface area contributed by atoms with Crippen LogP contribution in [0.25, 0.3) is 11.4 Å². The fourth-order valence-electron chi connectivity index (χ4n) is 2.77. The fourth-order valence-corrected chi connectivity index (χ4v) is 3.61. The number of carbonyl (C=O) groups is 1. The van der Waals surface area contributed by atoms with E-state index in [-0.39, 0.29) is 11.8 Å². The topological polar surface area (TPSA) is 57.0 Å². The summed E-state index contributed by atoms with van der Waals surface area (Å²) in [4.78, 5) is 12.3. The van der Waals surface area contributed by atoms with E-state index in [1.54, 1.807) is 25.1 Å². The summed E-state index contributed by atoms with van der Waals surface area (Å²) in [5.74, 6) is -0.219. The molecular formula is C22H24FN3O2S. The summed E-state index contributed by atoms with van der Waals surface area (Å²) in [5, 5.41) is 8.58. The van der Waals surface area contributed by atoms with Crippen molar-refractivity contribution in [3.05, 3.63) is 66.0 Å². The second-order valence-corrected chi connectivity index (χ2v) is 7.95. The van der Waals surface area contributed by atoms with Crippen LogP contribution in [0.1, 0.15) is 32.3 Å². The minimum Gasteiger partial charge on any atom is -0.465 e. The molecule has 0 aliphatic heterocycles. The first kappa shape index (κ1) is 21.0. The Morgan fingerprint density at radius 2 is 1.86 bits per heavy atom. The Morgan fingerprint density at radius 1 is 1.14 bits per heavy atom. The van der Waals surface area contributed by atoms with Crippen LogP contribution in [-0.4, -0.2) is 32.6 Å². The number of unbranched alkanes of at least 4 members (excludes halogenated alkanes) is 1. The minimum atomic E-state index is -0.445. The maximum Gasteiger partial charge on any atom is 0.319 e. The van der Waals surface area contributed by atoms with Crippen molar-refractivity contribution in [3.63, 3.8) is 0 Å². The number of aromatic nitrogens is 3. The second kappa shape index (κ2) is 10.2. The van der Waals surface area contributed by atoms with E-state index >= 15 is 0 Å². The van der Waals surface area contributed by atoms with Crippen molar-refractivity contribution in [2.24, 2.45) is 0 Å². The Bertz CT molecular complexity index is 946. The van der Waals surface area contributed by atoms with Gasteiger partial charge in [0.2, 0.25) is 0 Å². The number of halogens is 1. The van der Waals surface area contributed by atoms with E-state index in [2.05, 4.69) is 10.2 Å². The van der Waals surface area contributed by atoms with Gasteiger partial charge in [-0.25, -0.2) is 4.39 Å². The summed E-state index contributed by atoms with van der Waals surface area (Å²) < 4.78 is 21.6. The van der Waals surface area contributed by atoms with Gasteiger partial charge in [-0.15, -0.1) is 10.2 Å². The van der Waals surface area contributed by atoms with Gasteiger partial charge in [0.05, 0.1) is 18.7 Å². The van der Waals surface area contributed by atoms with Crippen LogP contribution in [0.2, 0.25) is 0 Å². The lowest BCUT2D eigenvalue weighted by Gasteiger charge is -2.14. The van der Waals surface area contributed by atoms with Gasteiger partial charge >= 0.3 is 5.97 Å². The first-order valence-corrected chi connectivity index (χ1v) is 10.5. The molecule has 0 amide bonds. The normalized spacial score (nSPS) is 12.0. The van der Waals surface area contributed by atoms with E-state index in [9.17, 15) is 9.18 Å². The summed E-state index contributed by atoms with van der Waals surface area (Å²) in [5.41, 5.74) is 1.41. The average Bonchev–Trinajstić information content (AvgIpc) is 3.11. The Balaban J connectivity index is 1.88. The van der Waals surface area contributed by atoms with E-state index in [0.717, 1.165) is 18.4 Å². The lowest BCUT2D eigenvalue weighted by atomic mass is 10.2. The summed E-state index contributed by atoms with van der Waals surface area (Å²) in [6, 6.07) is 16.3. The monoisotopic (exact) mass is 413 g/mol. The van der Waals surface area contributed by atoms with Crippen molar-refractivity contribution in [1.82, 2.24) is 14.8 Å². The van der Waals surface area contributed by atoms with Crippen molar-refractivity contribution in [2.45, 2.75) is 43.6 Å². The van der Waals surface area contributed by atoms with Crippen molar-refractivity contribution < 1.29 is 13.9 Å². The standard InChI is InChI=1S/C22H24FN3O2S/c1-3-4-14-28-21(27)16(2)29-22-25-24-20(18-12-8-9-13-19(18)23)26(22)15-17-10-6-5-7-11-17/h5-13,16H,3-4,14-15H2,1-2H3. The molecule has 0 radical (unpaired) electrons. The number of hydrogen-bond donors (Lipinski definition) is 0. The molecule has 0 N–H and O–H groups in total. The first-order valence-electron chi connectivity index (χ1n) is 9.65. The molecule has 1 heterocycles. The number of benzene rings is 2. The largest absolute Gasteiger partial charge is 0.465 e. The zero-order valence-corrected chi connectivity index (χ0v) is 17.4. The van der Waals surface area contributed by atoms with Crippen molar-refractivity contribution in [2.75, 3.05) is 6.61 Å².